The Kier molecular flexibility index (Phi) is 11.3. The second-order valence-corrected chi connectivity index (χ2v) is 7.82. The van der Waals surface area contributed by atoms with E-state index in [-0.39, 0.29) is 6.42 Å². The van der Waals surface area contributed by atoms with Crippen molar-refractivity contribution in [1.82, 2.24) is 16.0 Å². The normalized spacial score (nSPS) is 14.9. The molecule has 0 fully saturated rings. The molecule has 0 aliphatic carbocycles. The van der Waals surface area contributed by atoms with Crippen molar-refractivity contribution in [2.75, 3.05) is 0 Å². The van der Waals surface area contributed by atoms with E-state index in [2.05, 4.69) is 10.6 Å². The summed E-state index contributed by atoms with van der Waals surface area (Å²) in [4.78, 5) is 71.5. The van der Waals surface area contributed by atoms with Crippen LogP contribution in [0.5, 0.6) is 0 Å². The summed E-state index contributed by atoms with van der Waals surface area (Å²) in [5.41, 5.74) is 16.8. The maximum absolute atomic E-state index is 12.8. The molecular weight excluding hydrogens is 464 g/mol. The molecule has 5 unspecified atom stereocenters. The van der Waals surface area contributed by atoms with Gasteiger partial charge < -0.3 is 43.4 Å². The lowest BCUT2D eigenvalue weighted by molar-refractivity contribution is -0.144. The van der Waals surface area contributed by atoms with Crippen molar-refractivity contribution < 1.29 is 39.0 Å². The average Bonchev–Trinajstić information content (AvgIpc) is 2.75. The average molecular weight is 495 g/mol. The van der Waals surface area contributed by atoms with Crippen LogP contribution in [0.2, 0.25) is 0 Å². The number of aliphatic carboxylic acids is 1. The molecule has 1 aromatic rings. The van der Waals surface area contributed by atoms with Gasteiger partial charge in [-0.05, 0) is 18.9 Å². The fourth-order valence-electron chi connectivity index (χ4n) is 2.97. The van der Waals surface area contributed by atoms with Crippen LogP contribution in [0.3, 0.4) is 0 Å². The SMILES string of the molecule is CC(O)C(NC(=O)C(CC(N)=O)NC(=O)C(N)Cc1ccccc1)C(=O)NC(CC(N)=O)C(=O)O. The van der Waals surface area contributed by atoms with Crippen LogP contribution in [0, 0.1) is 0 Å². The van der Waals surface area contributed by atoms with Gasteiger partial charge in [-0.15, -0.1) is 0 Å². The number of carbonyl (C=O) groups excluding carboxylic acids is 5. The van der Waals surface area contributed by atoms with Gasteiger partial charge in [-0.1, -0.05) is 30.3 Å². The van der Waals surface area contributed by atoms with E-state index in [9.17, 15) is 33.9 Å². The predicted molar refractivity (Wildman–Crippen MR) is 121 cm³/mol. The number of aliphatic hydroxyl groups excluding tert-OH is 1. The number of rotatable bonds is 14. The lowest BCUT2D eigenvalue weighted by atomic mass is 10.0. The van der Waals surface area contributed by atoms with Gasteiger partial charge in [0.2, 0.25) is 29.5 Å². The van der Waals surface area contributed by atoms with Gasteiger partial charge in [0.15, 0.2) is 0 Å². The van der Waals surface area contributed by atoms with E-state index in [4.69, 9.17) is 22.3 Å². The molecule has 0 radical (unpaired) electrons. The number of aliphatic hydroxyl groups is 1. The number of nitrogens with two attached hydrogens (primary N) is 3. The standard InChI is InChI=1S/C21H30N6O8/c1-10(28)17(20(33)26-14(21(34)35)9-16(24)30)27-19(32)13(8-15(23)29)25-18(31)12(22)7-11-5-3-2-4-6-11/h2-6,10,12-14,17,28H,7-9,22H2,1H3,(H2,23,29)(H2,24,30)(H,25,31)(H,26,33)(H,27,32)(H,34,35). The number of amides is 5. The predicted octanol–water partition coefficient (Wildman–Crippen LogP) is -3.77. The number of primary amides is 2. The first-order chi connectivity index (χ1) is 16.3. The molecule has 11 N–H and O–H groups in total. The number of carboxylic acid groups (broad SMARTS) is 1. The Bertz CT molecular complexity index is 939. The highest BCUT2D eigenvalue weighted by atomic mass is 16.4. The molecule has 0 bridgehead atoms. The second-order valence-electron chi connectivity index (χ2n) is 7.82. The van der Waals surface area contributed by atoms with E-state index < -0.39 is 78.6 Å². The van der Waals surface area contributed by atoms with Crippen LogP contribution in [0.25, 0.3) is 0 Å². The van der Waals surface area contributed by atoms with Gasteiger partial charge in [0.1, 0.15) is 18.1 Å². The zero-order valence-electron chi connectivity index (χ0n) is 19.0. The summed E-state index contributed by atoms with van der Waals surface area (Å²) in [5.74, 6) is -6.52. The summed E-state index contributed by atoms with van der Waals surface area (Å²) in [5, 5.41) is 25.5. The number of carbonyl (C=O) groups is 6. The molecule has 192 valence electrons. The Labute approximate surface area is 200 Å². The van der Waals surface area contributed by atoms with Crippen molar-refractivity contribution in [2.24, 2.45) is 17.2 Å². The third-order valence-electron chi connectivity index (χ3n) is 4.76. The molecule has 0 aliphatic heterocycles. The van der Waals surface area contributed by atoms with Crippen molar-refractivity contribution in [3.05, 3.63) is 35.9 Å². The van der Waals surface area contributed by atoms with Crippen molar-refractivity contribution in [1.29, 1.82) is 0 Å². The first-order valence-corrected chi connectivity index (χ1v) is 10.5. The highest BCUT2D eigenvalue weighted by molar-refractivity contribution is 5.96. The molecule has 0 aliphatic rings. The van der Waals surface area contributed by atoms with Crippen LogP contribution in [0.15, 0.2) is 30.3 Å². The van der Waals surface area contributed by atoms with Gasteiger partial charge in [0.05, 0.1) is 25.0 Å². The Balaban J connectivity index is 2.94. The lowest BCUT2D eigenvalue weighted by Crippen LogP contribution is -2.60. The van der Waals surface area contributed by atoms with Gasteiger partial charge >= 0.3 is 5.97 Å². The molecule has 14 heteroatoms. The van der Waals surface area contributed by atoms with E-state index in [1.807, 2.05) is 5.32 Å². The van der Waals surface area contributed by atoms with Gasteiger partial charge in [0, 0.05) is 0 Å². The molecule has 0 saturated carbocycles. The fraction of sp³-hybridized carbons (Fsp3) is 0.429. The van der Waals surface area contributed by atoms with Crippen molar-refractivity contribution in [3.63, 3.8) is 0 Å². The van der Waals surface area contributed by atoms with Crippen LogP contribution in [0.1, 0.15) is 25.3 Å². The third-order valence-corrected chi connectivity index (χ3v) is 4.76. The number of nitrogens with one attached hydrogen (secondary N) is 3. The Morgan fingerprint density at radius 1 is 0.829 bits per heavy atom. The van der Waals surface area contributed by atoms with E-state index in [1.165, 1.54) is 0 Å². The topological polar surface area (TPSA) is 257 Å². The van der Waals surface area contributed by atoms with Crippen LogP contribution in [0.4, 0.5) is 0 Å². The number of benzene rings is 1. The Hall–Kier alpha value is -4.04. The quantitative estimate of drug-likeness (QED) is 0.126. The van der Waals surface area contributed by atoms with Crippen molar-refractivity contribution in [2.45, 2.75) is 56.5 Å². The van der Waals surface area contributed by atoms with E-state index in [0.717, 1.165) is 12.5 Å². The highest BCUT2D eigenvalue weighted by Gasteiger charge is 2.33. The molecule has 5 amide bonds. The lowest BCUT2D eigenvalue weighted by Gasteiger charge is -2.26. The second kappa shape index (κ2) is 13.6. The Morgan fingerprint density at radius 3 is 1.83 bits per heavy atom. The van der Waals surface area contributed by atoms with E-state index in [1.54, 1.807) is 30.3 Å². The van der Waals surface area contributed by atoms with Crippen LogP contribution >= 0.6 is 0 Å². The number of hydrogen-bond donors (Lipinski definition) is 8. The summed E-state index contributed by atoms with van der Waals surface area (Å²) < 4.78 is 0. The highest BCUT2D eigenvalue weighted by Crippen LogP contribution is 2.04. The van der Waals surface area contributed by atoms with Crippen LogP contribution < -0.4 is 33.2 Å². The summed E-state index contributed by atoms with van der Waals surface area (Å²) in [6.45, 7) is 1.13. The van der Waals surface area contributed by atoms with E-state index >= 15 is 0 Å². The van der Waals surface area contributed by atoms with Gasteiger partial charge in [0.25, 0.3) is 0 Å². The minimum absolute atomic E-state index is 0.132. The van der Waals surface area contributed by atoms with Crippen molar-refractivity contribution in [3.8, 4) is 0 Å². The molecule has 1 rings (SSSR count). The van der Waals surface area contributed by atoms with Gasteiger partial charge in [-0.3, -0.25) is 24.0 Å². The molecule has 35 heavy (non-hydrogen) atoms. The van der Waals surface area contributed by atoms with Crippen LogP contribution in [-0.4, -0.2) is 76.0 Å². The van der Waals surface area contributed by atoms with Gasteiger partial charge in [-0.2, -0.15) is 0 Å². The molecule has 0 saturated heterocycles. The smallest absolute Gasteiger partial charge is 0.326 e. The minimum Gasteiger partial charge on any atom is -0.480 e. The molecule has 5 atom stereocenters. The van der Waals surface area contributed by atoms with E-state index in [0.29, 0.717) is 0 Å². The zero-order valence-corrected chi connectivity index (χ0v) is 19.0. The monoisotopic (exact) mass is 494 g/mol. The summed E-state index contributed by atoms with van der Waals surface area (Å²) >= 11 is 0. The minimum atomic E-state index is -1.71. The number of carboxylic acids is 1. The largest absolute Gasteiger partial charge is 0.480 e. The first kappa shape index (κ1) is 29.0. The molecular formula is C21H30N6O8. The van der Waals surface area contributed by atoms with Gasteiger partial charge in [-0.25, -0.2) is 4.79 Å². The summed E-state index contributed by atoms with van der Waals surface area (Å²) in [7, 11) is 0. The summed E-state index contributed by atoms with van der Waals surface area (Å²) in [6.07, 6.45) is -2.79. The first-order valence-electron chi connectivity index (χ1n) is 10.5. The van der Waals surface area contributed by atoms with Crippen molar-refractivity contribution >= 4 is 35.5 Å². The molecule has 0 heterocycles. The molecule has 0 aromatic heterocycles. The molecule has 1 aromatic carbocycles. The maximum atomic E-state index is 12.8. The maximum Gasteiger partial charge on any atom is 0.326 e. The third kappa shape index (κ3) is 10.2. The molecule has 0 spiro atoms. The zero-order chi connectivity index (χ0) is 26.7. The summed E-state index contributed by atoms with van der Waals surface area (Å²) in [6, 6.07) is 2.73. The number of hydrogen-bond acceptors (Lipinski definition) is 8. The molecule has 14 nitrogen and oxygen atoms in total. The fourth-order valence-corrected chi connectivity index (χ4v) is 2.97. The van der Waals surface area contributed by atoms with Crippen LogP contribution in [-0.2, 0) is 35.2 Å². The Morgan fingerprint density at radius 2 is 1.34 bits per heavy atom.